The van der Waals surface area contributed by atoms with E-state index < -0.39 is 17.6 Å². The Morgan fingerprint density at radius 2 is 1.98 bits per heavy atom. The van der Waals surface area contributed by atoms with Gasteiger partial charge in [-0.15, -0.1) is 15.0 Å². The molecule has 220 valence electrons. The lowest BCUT2D eigenvalue weighted by atomic mass is 9.74. The molecule has 0 radical (unpaired) electrons. The van der Waals surface area contributed by atoms with Crippen molar-refractivity contribution in [3.63, 3.8) is 0 Å². The van der Waals surface area contributed by atoms with E-state index in [4.69, 9.17) is 16.3 Å². The third-order valence-electron chi connectivity index (χ3n) is 8.13. The molecule has 42 heavy (non-hydrogen) atoms. The Balaban J connectivity index is 1.46. The van der Waals surface area contributed by atoms with Crippen molar-refractivity contribution in [2.45, 2.75) is 50.2 Å². The van der Waals surface area contributed by atoms with Crippen LogP contribution in [0.3, 0.4) is 0 Å². The molecule has 4 heterocycles. The van der Waals surface area contributed by atoms with E-state index in [0.717, 1.165) is 56.2 Å². The number of alkyl halides is 3. The second kappa shape index (κ2) is 10.4. The summed E-state index contributed by atoms with van der Waals surface area (Å²) in [6.45, 7) is 3.30. The van der Waals surface area contributed by atoms with Gasteiger partial charge in [-0.3, -0.25) is 9.59 Å². The first-order valence-corrected chi connectivity index (χ1v) is 13.8. The van der Waals surface area contributed by atoms with E-state index in [1.165, 1.54) is 18.1 Å². The number of amides is 1. The van der Waals surface area contributed by atoms with E-state index in [-0.39, 0.29) is 45.2 Å². The van der Waals surface area contributed by atoms with Crippen LogP contribution in [0.4, 0.5) is 18.9 Å². The quantitative estimate of drug-likeness (QED) is 0.348. The minimum Gasteiger partial charge on any atom is -0.481 e. The predicted molar refractivity (Wildman–Crippen MR) is 149 cm³/mol. The van der Waals surface area contributed by atoms with Gasteiger partial charge in [0.25, 0.3) is 0 Å². The number of nitrogens with one attached hydrogen (secondary N) is 2. The molecule has 1 aliphatic carbocycles. The summed E-state index contributed by atoms with van der Waals surface area (Å²) in [6, 6.07) is 6.03. The Morgan fingerprint density at radius 1 is 1.21 bits per heavy atom. The lowest BCUT2D eigenvalue weighted by Crippen LogP contribution is -2.41. The van der Waals surface area contributed by atoms with Gasteiger partial charge in [-0.25, -0.2) is 4.98 Å². The molecular weight excluding hydrogens is 575 g/mol. The second-order valence-electron chi connectivity index (χ2n) is 10.8. The van der Waals surface area contributed by atoms with E-state index in [1.807, 2.05) is 6.92 Å². The Kier molecular flexibility index (Phi) is 6.97. The summed E-state index contributed by atoms with van der Waals surface area (Å²) in [4.78, 5) is 32.9. The van der Waals surface area contributed by atoms with Crippen molar-refractivity contribution >= 4 is 34.4 Å². The van der Waals surface area contributed by atoms with Gasteiger partial charge < -0.3 is 19.9 Å². The number of methoxy groups -OCH3 is 1. The predicted octanol–water partition coefficient (Wildman–Crippen LogP) is 4.43. The van der Waals surface area contributed by atoms with Gasteiger partial charge in [0.1, 0.15) is 6.54 Å². The lowest BCUT2D eigenvalue weighted by Gasteiger charge is -2.34. The van der Waals surface area contributed by atoms with E-state index >= 15 is 0 Å². The zero-order chi connectivity index (χ0) is 29.8. The van der Waals surface area contributed by atoms with E-state index in [0.29, 0.717) is 17.1 Å². The number of rotatable bonds is 5. The first kappa shape index (κ1) is 28.2. The molecule has 3 aromatic heterocycles. The minimum atomic E-state index is -4.57. The first-order chi connectivity index (χ1) is 20.0. The fourth-order valence-corrected chi connectivity index (χ4v) is 6.55. The number of halogens is 4. The van der Waals surface area contributed by atoms with Crippen LogP contribution in [0, 0.1) is 0 Å². The summed E-state index contributed by atoms with van der Waals surface area (Å²) in [7, 11) is 1.48. The lowest BCUT2D eigenvalue weighted by molar-refractivity contribution is -0.137. The van der Waals surface area contributed by atoms with Crippen LogP contribution in [0.25, 0.3) is 16.9 Å². The Labute approximate surface area is 242 Å². The molecule has 2 aliphatic rings. The molecule has 0 bridgehead atoms. The van der Waals surface area contributed by atoms with Gasteiger partial charge in [0.15, 0.2) is 11.2 Å². The number of fused-ring (bicyclic) bond motifs is 3. The Hall–Kier alpha value is -3.97. The Morgan fingerprint density at radius 3 is 2.67 bits per heavy atom. The molecule has 1 aliphatic heterocycles. The van der Waals surface area contributed by atoms with E-state index in [1.54, 1.807) is 16.7 Å². The number of hydrogen-bond donors (Lipinski definition) is 2. The van der Waals surface area contributed by atoms with Gasteiger partial charge in [0.2, 0.25) is 17.2 Å². The number of pyridine rings is 2. The third kappa shape index (κ3) is 4.79. The van der Waals surface area contributed by atoms with Crippen LogP contribution in [0.15, 0.2) is 41.3 Å². The van der Waals surface area contributed by atoms with Crippen LogP contribution in [-0.2, 0) is 22.9 Å². The molecular formula is C28H27ClF3N7O3. The van der Waals surface area contributed by atoms with Crippen molar-refractivity contribution in [1.29, 1.82) is 0 Å². The number of aromatic nitrogens is 5. The molecule has 4 aromatic rings. The largest absolute Gasteiger partial charge is 0.481 e. The normalized spacial score (nSPS) is 17.9. The molecule has 1 atom stereocenters. The molecule has 1 spiro atoms. The monoisotopic (exact) mass is 601 g/mol. The molecule has 0 saturated carbocycles. The molecule has 6 rings (SSSR count). The van der Waals surface area contributed by atoms with Crippen LogP contribution in [0.2, 0.25) is 5.02 Å². The number of carbonyl (C=O) groups excluding carboxylic acids is 1. The highest BCUT2D eigenvalue weighted by Crippen LogP contribution is 2.50. The maximum absolute atomic E-state index is 14.1. The highest BCUT2D eigenvalue weighted by Gasteiger charge is 2.47. The van der Waals surface area contributed by atoms with Gasteiger partial charge in [-0.2, -0.15) is 13.2 Å². The highest BCUT2D eigenvalue weighted by atomic mass is 35.5. The zero-order valence-corrected chi connectivity index (χ0v) is 23.5. The van der Waals surface area contributed by atoms with Gasteiger partial charge in [0, 0.05) is 28.9 Å². The summed E-state index contributed by atoms with van der Waals surface area (Å²) in [6.07, 6.45) is -0.747. The zero-order valence-electron chi connectivity index (χ0n) is 22.8. The van der Waals surface area contributed by atoms with Gasteiger partial charge in [-0.1, -0.05) is 18.5 Å². The molecule has 1 aromatic carbocycles. The number of ether oxygens (including phenoxy) is 1. The van der Waals surface area contributed by atoms with Crippen molar-refractivity contribution in [2.24, 2.45) is 0 Å². The van der Waals surface area contributed by atoms with Crippen molar-refractivity contribution in [3.05, 3.63) is 68.6 Å². The van der Waals surface area contributed by atoms with Gasteiger partial charge >= 0.3 is 6.18 Å². The van der Waals surface area contributed by atoms with Gasteiger partial charge in [-0.05, 0) is 62.5 Å². The van der Waals surface area contributed by atoms with Crippen molar-refractivity contribution in [3.8, 4) is 11.6 Å². The number of hydrogen-bond acceptors (Lipinski definition) is 7. The number of benzene rings is 1. The summed E-state index contributed by atoms with van der Waals surface area (Å²) in [5, 5.41) is 14.9. The average Bonchev–Trinajstić information content (AvgIpc) is 3.52. The molecule has 2 N–H and O–H groups in total. The maximum atomic E-state index is 14.1. The Bertz CT molecular complexity index is 1760. The van der Waals surface area contributed by atoms with Crippen LogP contribution in [0.5, 0.6) is 5.88 Å². The minimum absolute atomic E-state index is 0.0407. The standard InChI is InChI=1S/C28H27ClF3N7O3/c1-15-13-27(6-9-33-10-7-27)22-24(15)38(14-20(40)35-19-4-3-16(11-18(19)29)28(30,31)32)26-23(25(22)41)36-39(37-26)17-5-8-34-21(12-17)42-2/h3-5,8,11-12,15,33H,6-7,9-10,13-14H2,1-2H3,(H,35,40)/t15-/m1/s1. The third-order valence-corrected chi connectivity index (χ3v) is 8.44. The number of piperidine rings is 1. The second-order valence-corrected chi connectivity index (χ2v) is 11.2. The average molecular weight is 602 g/mol. The molecule has 14 heteroatoms. The van der Waals surface area contributed by atoms with E-state index in [9.17, 15) is 22.8 Å². The van der Waals surface area contributed by atoms with Crippen LogP contribution in [-0.4, -0.2) is 50.7 Å². The number of nitrogens with zero attached hydrogens (tertiary/aromatic N) is 5. The summed E-state index contributed by atoms with van der Waals surface area (Å²) in [5.74, 6) is -0.257. The molecule has 1 amide bonds. The summed E-state index contributed by atoms with van der Waals surface area (Å²) >= 11 is 6.10. The molecule has 0 unspecified atom stereocenters. The maximum Gasteiger partial charge on any atom is 0.416 e. The van der Waals surface area contributed by atoms with E-state index in [2.05, 4.69) is 25.8 Å². The SMILES string of the molecule is COc1cc(-n2nc3c(=O)c4c(n(CC(=O)Nc5ccc(C(F)(F)F)cc5Cl)c3n2)[C@H](C)CC42CCNCC2)ccn1. The first-order valence-electron chi connectivity index (χ1n) is 13.4. The number of anilines is 1. The number of carbonyl (C=O) groups is 1. The topological polar surface area (TPSA) is 116 Å². The van der Waals surface area contributed by atoms with Gasteiger partial charge in [0.05, 0.1) is 29.1 Å². The molecule has 1 saturated heterocycles. The fraction of sp³-hybridized carbons (Fsp3) is 0.393. The van der Waals surface area contributed by atoms with Crippen LogP contribution < -0.4 is 20.8 Å². The summed E-state index contributed by atoms with van der Waals surface area (Å²) in [5.41, 5.74) is 0.791. The van der Waals surface area contributed by atoms with Crippen LogP contribution >= 0.6 is 11.6 Å². The highest BCUT2D eigenvalue weighted by molar-refractivity contribution is 6.33. The van der Waals surface area contributed by atoms with Crippen molar-refractivity contribution in [2.75, 3.05) is 25.5 Å². The smallest absolute Gasteiger partial charge is 0.416 e. The van der Waals surface area contributed by atoms with Crippen LogP contribution in [0.1, 0.15) is 48.9 Å². The molecule has 1 fully saturated rings. The summed E-state index contributed by atoms with van der Waals surface area (Å²) < 4.78 is 46.3. The van der Waals surface area contributed by atoms with Crippen molar-refractivity contribution in [1.82, 2.24) is 29.9 Å². The molecule has 10 nitrogen and oxygen atoms in total. The van der Waals surface area contributed by atoms with Crippen molar-refractivity contribution < 1.29 is 22.7 Å². The fourth-order valence-electron chi connectivity index (χ4n) is 6.32.